The number of imidazole rings is 1. The number of nitrogens with zero attached hydrogens (tertiary/aromatic N) is 3. The Morgan fingerprint density at radius 3 is 2.89 bits per heavy atom. The number of aromatic amines is 1. The first kappa shape index (κ1) is 19.0. The molecule has 3 unspecified atom stereocenters. The molecule has 2 aromatic rings. The fraction of sp³-hybridized carbons (Fsp3) is 0.545. The van der Waals surface area contributed by atoms with Crippen molar-refractivity contribution in [3.05, 3.63) is 42.4 Å². The zero-order valence-electron chi connectivity index (χ0n) is 17.3. The highest BCUT2D eigenvalue weighted by Crippen LogP contribution is 2.52. The van der Waals surface area contributed by atoms with Crippen molar-refractivity contribution in [1.29, 1.82) is 0 Å². The van der Waals surface area contributed by atoms with E-state index in [9.17, 15) is 0 Å². The largest absolute Gasteiger partial charge is 0.377 e. The van der Waals surface area contributed by atoms with Gasteiger partial charge in [-0.25, -0.2) is 4.98 Å². The third-order valence-corrected chi connectivity index (χ3v) is 6.15. The van der Waals surface area contributed by atoms with Crippen LogP contribution in [0.3, 0.4) is 0 Å². The summed E-state index contributed by atoms with van der Waals surface area (Å²) in [6.07, 6.45) is 3.41. The Hall–Kier alpha value is -2.34. The van der Waals surface area contributed by atoms with E-state index in [1.54, 1.807) is 0 Å². The standard InChI is InChI=1S/C22H31N5O/c1-5-23-21(26-19-16-11-12-28-20(16)22(19,2)3)27(4)14-18-24-13-17(25-18)15-9-7-6-8-10-15/h6-10,13,16,19-20H,5,11-12,14H2,1-4H3,(H,23,26)(H,24,25). The van der Waals surface area contributed by atoms with Gasteiger partial charge in [0.25, 0.3) is 0 Å². The van der Waals surface area contributed by atoms with E-state index < -0.39 is 0 Å². The maximum Gasteiger partial charge on any atom is 0.194 e. The summed E-state index contributed by atoms with van der Waals surface area (Å²) >= 11 is 0. The molecule has 1 saturated carbocycles. The maximum atomic E-state index is 5.93. The summed E-state index contributed by atoms with van der Waals surface area (Å²) in [6, 6.07) is 10.7. The summed E-state index contributed by atoms with van der Waals surface area (Å²) in [4.78, 5) is 14.9. The molecule has 150 valence electrons. The molecule has 3 atom stereocenters. The first-order chi connectivity index (χ1) is 13.5. The Morgan fingerprint density at radius 1 is 1.36 bits per heavy atom. The van der Waals surface area contributed by atoms with E-state index in [-0.39, 0.29) is 5.41 Å². The Kier molecular flexibility index (Phi) is 5.15. The van der Waals surface area contributed by atoms with Gasteiger partial charge in [0.1, 0.15) is 5.82 Å². The second-order valence-electron chi connectivity index (χ2n) is 8.45. The molecular weight excluding hydrogens is 350 g/mol. The highest BCUT2D eigenvalue weighted by atomic mass is 16.5. The number of guanidine groups is 1. The van der Waals surface area contributed by atoms with Crippen molar-refractivity contribution in [3.63, 3.8) is 0 Å². The smallest absolute Gasteiger partial charge is 0.194 e. The number of hydrogen-bond acceptors (Lipinski definition) is 3. The van der Waals surface area contributed by atoms with Crippen LogP contribution in [-0.2, 0) is 11.3 Å². The average molecular weight is 382 g/mol. The van der Waals surface area contributed by atoms with E-state index in [0.717, 1.165) is 42.6 Å². The number of H-pyrrole nitrogens is 1. The van der Waals surface area contributed by atoms with Crippen molar-refractivity contribution in [2.24, 2.45) is 16.3 Å². The topological polar surface area (TPSA) is 65.5 Å². The highest BCUT2D eigenvalue weighted by molar-refractivity contribution is 5.80. The van der Waals surface area contributed by atoms with Crippen LogP contribution in [0.25, 0.3) is 11.3 Å². The van der Waals surface area contributed by atoms with Gasteiger partial charge < -0.3 is 19.9 Å². The van der Waals surface area contributed by atoms with Gasteiger partial charge in [0.15, 0.2) is 5.96 Å². The molecule has 6 heteroatoms. The molecule has 1 saturated heterocycles. The van der Waals surface area contributed by atoms with E-state index in [1.807, 2.05) is 24.4 Å². The number of rotatable bonds is 5. The fourth-order valence-electron chi connectivity index (χ4n) is 4.69. The number of nitrogens with one attached hydrogen (secondary N) is 2. The molecule has 1 aliphatic heterocycles. The van der Waals surface area contributed by atoms with Crippen LogP contribution in [-0.4, -0.2) is 53.2 Å². The van der Waals surface area contributed by atoms with E-state index >= 15 is 0 Å². The first-order valence-electron chi connectivity index (χ1n) is 10.2. The predicted octanol–water partition coefficient (Wildman–Crippen LogP) is 3.29. The van der Waals surface area contributed by atoms with Crippen LogP contribution in [0.1, 0.15) is 33.0 Å². The Labute approximate surface area is 167 Å². The first-order valence-corrected chi connectivity index (χ1v) is 10.2. The number of aromatic nitrogens is 2. The number of ether oxygens (including phenoxy) is 1. The van der Waals surface area contributed by atoms with Crippen molar-refractivity contribution in [2.45, 2.75) is 45.9 Å². The molecule has 4 rings (SSSR count). The van der Waals surface area contributed by atoms with Gasteiger partial charge in [0.05, 0.1) is 24.5 Å². The van der Waals surface area contributed by atoms with Crippen molar-refractivity contribution >= 4 is 5.96 Å². The molecule has 2 N–H and O–H groups in total. The summed E-state index contributed by atoms with van der Waals surface area (Å²) in [6.45, 7) is 8.96. The van der Waals surface area contributed by atoms with Crippen LogP contribution >= 0.6 is 0 Å². The second-order valence-corrected chi connectivity index (χ2v) is 8.45. The second kappa shape index (κ2) is 7.59. The van der Waals surface area contributed by atoms with Gasteiger partial charge in [-0.15, -0.1) is 0 Å². The zero-order valence-corrected chi connectivity index (χ0v) is 17.3. The molecule has 1 aromatic carbocycles. The minimum Gasteiger partial charge on any atom is -0.377 e. The summed E-state index contributed by atoms with van der Waals surface area (Å²) in [7, 11) is 2.07. The molecule has 0 spiro atoms. The van der Waals surface area contributed by atoms with Crippen molar-refractivity contribution < 1.29 is 4.74 Å². The van der Waals surface area contributed by atoms with Crippen LogP contribution in [0.15, 0.2) is 41.5 Å². The molecule has 1 aliphatic carbocycles. The summed E-state index contributed by atoms with van der Waals surface area (Å²) in [5.74, 6) is 2.45. The molecule has 0 amide bonds. The van der Waals surface area contributed by atoms with Crippen LogP contribution in [0.5, 0.6) is 0 Å². The Morgan fingerprint density at radius 2 is 2.14 bits per heavy atom. The monoisotopic (exact) mass is 381 g/mol. The molecule has 2 heterocycles. The molecule has 0 radical (unpaired) electrons. The zero-order chi connectivity index (χ0) is 19.7. The minimum absolute atomic E-state index is 0.127. The predicted molar refractivity (Wildman–Crippen MR) is 112 cm³/mol. The Balaban J connectivity index is 1.44. The lowest BCUT2D eigenvalue weighted by Crippen LogP contribution is -2.67. The van der Waals surface area contributed by atoms with Gasteiger partial charge in [-0.2, -0.15) is 0 Å². The SMILES string of the molecule is CCN=C(NC1C2CCOC2C1(C)C)N(C)Cc1ncc(-c2ccccc2)[nH]1. The van der Waals surface area contributed by atoms with Crippen LogP contribution in [0, 0.1) is 11.3 Å². The van der Waals surface area contributed by atoms with Gasteiger partial charge in [0.2, 0.25) is 0 Å². The quantitative estimate of drug-likeness (QED) is 0.616. The fourth-order valence-corrected chi connectivity index (χ4v) is 4.69. The molecule has 28 heavy (non-hydrogen) atoms. The number of hydrogen-bond donors (Lipinski definition) is 2. The molecule has 6 nitrogen and oxygen atoms in total. The molecule has 2 fully saturated rings. The number of benzene rings is 1. The summed E-state index contributed by atoms with van der Waals surface area (Å²) in [5, 5.41) is 3.73. The van der Waals surface area contributed by atoms with Crippen molar-refractivity contribution in [2.75, 3.05) is 20.2 Å². The van der Waals surface area contributed by atoms with E-state index in [0.29, 0.717) is 24.6 Å². The average Bonchev–Trinajstić information content (AvgIpc) is 3.34. The van der Waals surface area contributed by atoms with E-state index in [4.69, 9.17) is 9.73 Å². The normalized spacial score (nSPS) is 25.9. The lowest BCUT2D eigenvalue weighted by Gasteiger charge is -2.55. The van der Waals surface area contributed by atoms with Gasteiger partial charge in [-0.1, -0.05) is 44.2 Å². The number of aliphatic imine (C=N–C) groups is 1. The lowest BCUT2D eigenvalue weighted by atomic mass is 9.57. The van der Waals surface area contributed by atoms with Crippen molar-refractivity contribution in [1.82, 2.24) is 20.2 Å². The van der Waals surface area contributed by atoms with Gasteiger partial charge in [-0.05, 0) is 18.9 Å². The Bertz CT molecular complexity index is 828. The van der Waals surface area contributed by atoms with Gasteiger partial charge in [-0.3, -0.25) is 4.99 Å². The summed E-state index contributed by atoms with van der Waals surface area (Å²) < 4.78 is 5.93. The van der Waals surface area contributed by atoms with Gasteiger partial charge >= 0.3 is 0 Å². The van der Waals surface area contributed by atoms with Crippen LogP contribution in [0.2, 0.25) is 0 Å². The third kappa shape index (κ3) is 3.41. The summed E-state index contributed by atoms with van der Waals surface area (Å²) in [5.41, 5.74) is 2.31. The van der Waals surface area contributed by atoms with Crippen LogP contribution < -0.4 is 5.32 Å². The minimum atomic E-state index is 0.127. The molecule has 1 aromatic heterocycles. The molecular formula is C22H31N5O. The number of fused-ring (bicyclic) bond motifs is 1. The third-order valence-electron chi connectivity index (χ3n) is 6.15. The van der Waals surface area contributed by atoms with Gasteiger partial charge in [0, 0.05) is 37.6 Å². The van der Waals surface area contributed by atoms with Crippen molar-refractivity contribution in [3.8, 4) is 11.3 Å². The molecule has 0 bridgehead atoms. The van der Waals surface area contributed by atoms with Crippen LogP contribution in [0.4, 0.5) is 0 Å². The van der Waals surface area contributed by atoms with E-state index in [2.05, 4.69) is 60.1 Å². The molecule has 2 aliphatic rings. The lowest BCUT2D eigenvalue weighted by molar-refractivity contribution is -0.107. The maximum absolute atomic E-state index is 5.93. The van der Waals surface area contributed by atoms with E-state index in [1.165, 1.54) is 0 Å². The highest BCUT2D eigenvalue weighted by Gasteiger charge is 2.59.